The van der Waals surface area contributed by atoms with Crippen LogP contribution in [-0.2, 0) is 4.74 Å². The average Bonchev–Trinajstić information content (AvgIpc) is 3.03. The Balaban J connectivity index is 1.46. The van der Waals surface area contributed by atoms with Gasteiger partial charge in [0.25, 0.3) is 0 Å². The number of carbonyl (C=O) groups is 1. The number of benzene rings is 1. The Labute approximate surface area is 137 Å². The summed E-state index contributed by atoms with van der Waals surface area (Å²) in [5.41, 5.74) is 6.07. The van der Waals surface area contributed by atoms with E-state index in [-0.39, 0.29) is 35.5 Å². The van der Waals surface area contributed by atoms with Gasteiger partial charge in [-0.25, -0.2) is 14.8 Å². The molecule has 122 valence electrons. The summed E-state index contributed by atoms with van der Waals surface area (Å²) in [7, 11) is 0. The van der Waals surface area contributed by atoms with Crippen molar-refractivity contribution in [2.75, 3.05) is 18.1 Å². The molecule has 0 amide bonds. The maximum absolute atomic E-state index is 11.9. The molecular weight excluding hydrogens is 318 g/mol. The Morgan fingerprint density at radius 2 is 2.13 bits per heavy atom. The number of phenolic OH excluding ortho intramolecular Hbond substituents is 1. The van der Waals surface area contributed by atoms with Gasteiger partial charge in [0.2, 0.25) is 0 Å². The number of fused-ring (bicyclic) bond motifs is 1. The van der Waals surface area contributed by atoms with Crippen molar-refractivity contribution in [1.82, 2.24) is 10.6 Å². The Morgan fingerprint density at radius 1 is 1.35 bits per heavy atom. The summed E-state index contributed by atoms with van der Waals surface area (Å²) in [6, 6.07) is 4.39. The van der Waals surface area contributed by atoms with Crippen LogP contribution in [-0.4, -0.2) is 53.7 Å². The van der Waals surface area contributed by atoms with E-state index >= 15 is 0 Å². The number of rotatable bonds is 5. The summed E-state index contributed by atoms with van der Waals surface area (Å²) in [4.78, 5) is 20.4. The molecule has 0 radical (unpaired) electrons. The zero-order valence-corrected chi connectivity index (χ0v) is 13.0. The van der Waals surface area contributed by atoms with Crippen molar-refractivity contribution in [1.29, 1.82) is 0 Å². The van der Waals surface area contributed by atoms with Gasteiger partial charge < -0.3 is 26.2 Å². The minimum absolute atomic E-state index is 0.0730. The lowest BCUT2D eigenvalue weighted by Crippen LogP contribution is -2.51. The van der Waals surface area contributed by atoms with Gasteiger partial charge in [0.15, 0.2) is 6.17 Å². The second-order valence-electron chi connectivity index (χ2n) is 5.03. The first kappa shape index (κ1) is 15.5. The fourth-order valence-corrected chi connectivity index (χ4v) is 3.33. The summed E-state index contributed by atoms with van der Waals surface area (Å²) >= 11 is 1.61. The maximum Gasteiger partial charge on any atom is 0.342 e. The third-order valence-corrected chi connectivity index (χ3v) is 4.65. The quantitative estimate of drug-likeness (QED) is 0.261. The molecule has 3 rings (SSSR count). The number of nitrogens with two attached hydrogens (primary N) is 1. The number of hydrogen-bond acceptors (Lipinski definition) is 9. The van der Waals surface area contributed by atoms with E-state index in [0.29, 0.717) is 11.4 Å². The molecule has 0 saturated heterocycles. The van der Waals surface area contributed by atoms with E-state index in [4.69, 9.17) is 10.5 Å². The highest BCUT2D eigenvalue weighted by Gasteiger charge is 2.33. The van der Waals surface area contributed by atoms with Gasteiger partial charge in [0.05, 0.1) is 24.1 Å². The van der Waals surface area contributed by atoms with Crippen LogP contribution in [0.5, 0.6) is 5.75 Å². The molecule has 0 saturated carbocycles. The molecule has 0 aromatic heterocycles. The zero-order chi connectivity index (χ0) is 16.2. The van der Waals surface area contributed by atoms with E-state index in [0.717, 1.165) is 0 Å². The van der Waals surface area contributed by atoms with Gasteiger partial charge in [0.1, 0.15) is 17.9 Å². The lowest BCUT2D eigenvalue weighted by molar-refractivity contribution is 0.0527. The van der Waals surface area contributed by atoms with Gasteiger partial charge in [-0.2, -0.15) is 0 Å². The molecule has 0 spiro atoms. The highest BCUT2D eigenvalue weighted by atomic mass is 32.2. The van der Waals surface area contributed by atoms with Crippen LogP contribution in [0.2, 0.25) is 0 Å². The van der Waals surface area contributed by atoms with Crippen LogP contribution in [0, 0.1) is 0 Å². The summed E-state index contributed by atoms with van der Waals surface area (Å²) in [5.74, 6) is -0.128. The molecule has 1 aromatic carbocycles. The summed E-state index contributed by atoms with van der Waals surface area (Å²) < 4.78 is 5.18. The number of thioether (sulfide) groups is 1. The Morgan fingerprint density at radius 3 is 2.96 bits per heavy atom. The molecule has 2 aliphatic heterocycles. The van der Waals surface area contributed by atoms with Crippen LogP contribution < -0.4 is 16.4 Å². The molecule has 23 heavy (non-hydrogen) atoms. The average molecular weight is 335 g/mol. The standard InChI is InChI=1S/C14H17N5O3S/c15-8-1-2-10(20)9(5-8)14(21)22-3-4-23-13-11-12(17-6-16-11)18-7-19-13/h1-2,5-7,11-13,20H,3-4,15H2,(H,16,17)(H,18,19). The molecule has 3 atom stereocenters. The number of hydrogen-bond donors (Lipinski definition) is 4. The number of anilines is 1. The van der Waals surface area contributed by atoms with E-state index in [2.05, 4.69) is 20.6 Å². The summed E-state index contributed by atoms with van der Waals surface area (Å²) in [6.07, 6.45) is 3.22. The van der Waals surface area contributed by atoms with Crippen LogP contribution in [0.3, 0.4) is 0 Å². The van der Waals surface area contributed by atoms with Gasteiger partial charge in [-0.3, -0.25) is 0 Å². The molecule has 0 bridgehead atoms. The van der Waals surface area contributed by atoms with Gasteiger partial charge in [-0.05, 0) is 18.2 Å². The van der Waals surface area contributed by atoms with Crippen molar-refractivity contribution < 1.29 is 14.6 Å². The van der Waals surface area contributed by atoms with E-state index in [1.807, 2.05) is 0 Å². The van der Waals surface area contributed by atoms with Gasteiger partial charge in [-0.1, -0.05) is 0 Å². The summed E-state index contributed by atoms with van der Waals surface area (Å²) in [6.45, 7) is 0.227. The second-order valence-corrected chi connectivity index (χ2v) is 6.28. The maximum atomic E-state index is 11.9. The predicted molar refractivity (Wildman–Crippen MR) is 89.9 cm³/mol. The van der Waals surface area contributed by atoms with Crippen molar-refractivity contribution in [2.45, 2.75) is 17.6 Å². The number of aliphatic imine (C=N–C) groups is 2. The van der Waals surface area contributed by atoms with Gasteiger partial charge in [-0.15, -0.1) is 11.8 Å². The monoisotopic (exact) mass is 335 g/mol. The molecule has 1 aromatic rings. The van der Waals surface area contributed by atoms with Crippen LogP contribution >= 0.6 is 11.8 Å². The fraction of sp³-hybridized carbons (Fsp3) is 0.357. The normalized spacial score (nSPS) is 24.6. The highest BCUT2D eigenvalue weighted by Crippen LogP contribution is 2.22. The van der Waals surface area contributed by atoms with Crippen molar-refractivity contribution in [2.24, 2.45) is 9.98 Å². The Hall–Kier alpha value is -2.42. The number of aromatic hydroxyl groups is 1. The second kappa shape index (κ2) is 6.78. The van der Waals surface area contributed by atoms with Crippen molar-refractivity contribution in [3.05, 3.63) is 23.8 Å². The van der Waals surface area contributed by atoms with Crippen LogP contribution in [0.1, 0.15) is 10.4 Å². The lowest BCUT2D eigenvalue weighted by Gasteiger charge is -2.29. The molecule has 0 fully saturated rings. The highest BCUT2D eigenvalue weighted by molar-refractivity contribution is 7.99. The number of nitrogens with one attached hydrogen (secondary N) is 2. The minimum atomic E-state index is -0.589. The fourth-order valence-electron chi connectivity index (χ4n) is 2.31. The van der Waals surface area contributed by atoms with Crippen molar-refractivity contribution in [3.8, 4) is 5.75 Å². The van der Waals surface area contributed by atoms with Crippen LogP contribution in [0.25, 0.3) is 0 Å². The number of phenols is 1. The van der Waals surface area contributed by atoms with Crippen molar-refractivity contribution >= 4 is 36.1 Å². The van der Waals surface area contributed by atoms with Crippen LogP contribution in [0.4, 0.5) is 5.69 Å². The first-order valence-corrected chi connectivity index (χ1v) is 8.12. The van der Waals surface area contributed by atoms with E-state index in [1.165, 1.54) is 18.2 Å². The predicted octanol–water partition coefficient (Wildman–Crippen LogP) is 0.148. The van der Waals surface area contributed by atoms with E-state index < -0.39 is 5.97 Å². The molecule has 2 aliphatic rings. The van der Waals surface area contributed by atoms with Gasteiger partial charge >= 0.3 is 5.97 Å². The van der Waals surface area contributed by atoms with Crippen molar-refractivity contribution in [3.63, 3.8) is 0 Å². The molecule has 3 unspecified atom stereocenters. The largest absolute Gasteiger partial charge is 0.507 e. The molecule has 8 nitrogen and oxygen atoms in total. The smallest absolute Gasteiger partial charge is 0.342 e. The number of carbonyl (C=O) groups excluding carboxylic acids is 1. The first-order valence-electron chi connectivity index (χ1n) is 7.08. The Bertz CT molecular complexity index is 651. The third kappa shape index (κ3) is 3.50. The molecule has 0 aliphatic carbocycles. The summed E-state index contributed by atoms with van der Waals surface area (Å²) in [5, 5.41) is 16.1. The Kier molecular flexibility index (Phi) is 4.56. The number of ether oxygens (including phenoxy) is 1. The SMILES string of the molecule is Nc1ccc(O)c(C(=O)OCCSC2NC=NC3N=CNC32)c1. The third-order valence-electron chi connectivity index (χ3n) is 3.46. The van der Waals surface area contributed by atoms with Crippen LogP contribution in [0.15, 0.2) is 28.2 Å². The molecule has 5 N–H and O–H groups in total. The number of esters is 1. The zero-order valence-electron chi connectivity index (χ0n) is 12.2. The molecule has 2 heterocycles. The van der Waals surface area contributed by atoms with Gasteiger partial charge in [0, 0.05) is 11.4 Å². The first-order chi connectivity index (χ1) is 11.1. The number of nitrogens with zero attached hydrogens (tertiary/aromatic N) is 2. The van der Waals surface area contributed by atoms with E-state index in [9.17, 15) is 9.90 Å². The topological polar surface area (TPSA) is 121 Å². The molecular formula is C14H17N5O3S. The lowest BCUT2D eigenvalue weighted by atomic mass is 10.2. The van der Waals surface area contributed by atoms with E-state index in [1.54, 1.807) is 24.4 Å². The number of nitrogen functional groups attached to an aromatic ring is 1. The minimum Gasteiger partial charge on any atom is -0.507 e. The molecule has 9 heteroatoms.